The number of nitrogens with one attached hydrogen (secondary N) is 2. The van der Waals surface area contributed by atoms with Crippen molar-refractivity contribution in [2.75, 3.05) is 0 Å². The Hall–Kier alpha value is -1.78. The van der Waals surface area contributed by atoms with Gasteiger partial charge in [-0.25, -0.2) is 9.98 Å². The maximum atomic E-state index is 9.28. The Morgan fingerprint density at radius 3 is 3.27 bits per heavy atom. The van der Waals surface area contributed by atoms with Gasteiger partial charge in [-0.15, -0.1) is 0 Å². The van der Waals surface area contributed by atoms with Gasteiger partial charge in [-0.05, 0) is 0 Å². The molecule has 56 valence electrons. The number of nitrogens with zero attached hydrogens (tertiary/aromatic N) is 2. The van der Waals surface area contributed by atoms with Crippen LogP contribution in [0.4, 0.5) is 5.82 Å². The molecule has 0 amide bonds. The molecule has 0 aromatic carbocycles. The molecule has 1 aliphatic heterocycles. The number of aromatic nitrogens is 2. The smallest absolute Gasteiger partial charge is 0.182 e. The third-order valence-corrected chi connectivity index (χ3v) is 1.36. The SMILES string of the molecule is OC1=CNC=Nc2nc[nH]c21. The van der Waals surface area contributed by atoms with Gasteiger partial charge in [0, 0.05) is 6.20 Å². The van der Waals surface area contributed by atoms with Crippen molar-refractivity contribution in [2.24, 2.45) is 4.99 Å². The first-order valence-corrected chi connectivity index (χ1v) is 3.09. The molecule has 0 unspecified atom stereocenters. The summed E-state index contributed by atoms with van der Waals surface area (Å²) < 4.78 is 0. The minimum Gasteiger partial charge on any atom is -0.504 e. The minimum atomic E-state index is 0.106. The molecule has 0 spiro atoms. The van der Waals surface area contributed by atoms with Crippen molar-refractivity contribution < 1.29 is 5.11 Å². The van der Waals surface area contributed by atoms with Crippen molar-refractivity contribution in [1.82, 2.24) is 15.3 Å². The maximum absolute atomic E-state index is 9.28. The molecule has 0 bridgehead atoms. The summed E-state index contributed by atoms with van der Waals surface area (Å²) >= 11 is 0. The molecule has 0 saturated heterocycles. The second-order valence-corrected chi connectivity index (χ2v) is 2.06. The molecule has 0 saturated carbocycles. The van der Waals surface area contributed by atoms with Gasteiger partial charge in [-0.2, -0.15) is 0 Å². The van der Waals surface area contributed by atoms with Crippen LogP contribution >= 0.6 is 0 Å². The van der Waals surface area contributed by atoms with E-state index in [1.165, 1.54) is 18.9 Å². The number of aliphatic hydroxyl groups is 1. The topological polar surface area (TPSA) is 73.3 Å². The number of H-pyrrole nitrogens is 1. The van der Waals surface area contributed by atoms with E-state index in [9.17, 15) is 5.11 Å². The highest BCUT2D eigenvalue weighted by atomic mass is 16.3. The second-order valence-electron chi connectivity index (χ2n) is 2.06. The molecule has 5 nitrogen and oxygen atoms in total. The zero-order valence-corrected chi connectivity index (χ0v) is 5.57. The van der Waals surface area contributed by atoms with Gasteiger partial charge >= 0.3 is 0 Å². The molecule has 0 fully saturated rings. The van der Waals surface area contributed by atoms with Gasteiger partial charge in [-0.3, -0.25) is 0 Å². The first-order valence-electron chi connectivity index (χ1n) is 3.09. The van der Waals surface area contributed by atoms with Crippen LogP contribution in [0.15, 0.2) is 17.5 Å². The highest BCUT2D eigenvalue weighted by Gasteiger charge is 2.09. The van der Waals surface area contributed by atoms with E-state index in [1.54, 1.807) is 0 Å². The number of rotatable bonds is 0. The van der Waals surface area contributed by atoms with Crippen molar-refractivity contribution in [2.45, 2.75) is 0 Å². The largest absolute Gasteiger partial charge is 0.504 e. The second kappa shape index (κ2) is 2.12. The van der Waals surface area contributed by atoms with Crippen LogP contribution < -0.4 is 5.32 Å². The standard InChI is InChI=1S/C6H6N4O/c11-4-1-7-2-9-6-5(4)8-3-10-6/h1-3,11H,(H,7,9)(H,8,10). The lowest BCUT2D eigenvalue weighted by molar-refractivity contribution is 0.507. The molecule has 0 atom stereocenters. The summed E-state index contributed by atoms with van der Waals surface area (Å²) in [6.45, 7) is 0. The quantitative estimate of drug-likeness (QED) is 0.505. The Morgan fingerprint density at radius 2 is 2.36 bits per heavy atom. The molecule has 1 aromatic heterocycles. The molecule has 1 aromatic rings. The predicted molar refractivity (Wildman–Crippen MR) is 40.5 cm³/mol. The van der Waals surface area contributed by atoms with Gasteiger partial charge in [0.25, 0.3) is 0 Å². The summed E-state index contributed by atoms with van der Waals surface area (Å²) in [5.74, 6) is 0.596. The van der Waals surface area contributed by atoms with Crippen LogP contribution in [0, 0.1) is 0 Å². The normalized spacial score (nSPS) is 14.7. The van der Waals surface area contributed by atoms with E-state index in [4.69, 9.17) is 0 Å². The minimum absolute atomic E-state index is 0.106. The first-order chi connectivity index (χ1) is 5.38. The average Bonchev–Trinajstić information content (AvgIpc) is 2.40. The predicted octanol–water partition coefficient (Wildman–Crippen LogP) is 0.529. The van der Waals surface area contributed by atoms with Gasteiger partial charge in [-0.1, -0.05) is 0 Å². The van der Waals surface area contributed by atoms with Crippen molar-refractivity contribution in [1.29, 1.82) is 0 Å². The summed E-state index contributed by atoms with van der Waals surface area (Å²) in [6.07, 6.45) is 4.38. The van der Waals surface area contributed by atoms with Gasteiger partial charge in [0.2, 0.25) is 0 Å². The summed E-state index contributed by atoms with van der Waals surface area (Å²) in [7, 11) is 0. The van der Waals surface area contributed by atoms with Gasteiger partial charge < -0.3 is 15.4 Å². The summed E-state index contributed by atoms with van der Waals surface area (Å²) in [5.41, 5.74) is 0.534. The summed E-state index contributed by atoms with van der Waals surface area (Å²) in [4.78, 5) is 10.5. The monoisotopic (exact) mass is 150 g/mol. The molecule has 0 aliphatic carbocycles. The highest BCUT2D eigenvalue weighted by molar-refractivity contribution is 5.73. The van der Waals surface area contributed by atoms with Crippen molar-refractivity contribution in [3.8, 4) is 0 Å². The third kappa shape index (κ3) is 0.861. The van der Waals surface area contributed by atoms with E-state index in [-0.39, 0.29) is 5.76 Å². The van der Waals surface area contributed by atoms with Crippen LogP contribution in [0.3, 0.4) is 0 Å². The van der Waals surface area contributed by atoms with E-state index in [2.05, 4.69) is 20.3 Å². The summed E-state index contributed by atoms with van der Waals surface area (Å²) in [5, 5.41) is 11.9. The molecule has 5 heteroatoms. The van der Waals surface area contributed by atoms with Crippen LogP contribution in [0.2, 0.25) is 0 Å². The number of hydrogen-bond donors (Lipinski definition) is 3. The molecule has 3 N–H and O–H groups in total. The van der Waals surface area contributed by atoms with E-state index in [1.807, 2.05) is 0 Å². The van der Waals surface area contributed by atoms with Crippen LogP contribution in [0.1, 0.15) is 5.69 Å². The van der Waals surface area contributed by atoms with Gasteiger partial charge in [0.05, 0.1) is 12.7 Å². The van der Waals surface area contributed by atoms with Crippen LogP contribution in [-0.2, 0) is 0 Å². The number of fused-ring (bicyclic) bond motifs is 1. The van der Waals surface area contributed by atoms with E-state index < -0.39 is 0 Å². The molecular weight excluding hydrogens is 144 g/mol. The summed E-state index contributed by atoms with van der Waals surface area (Å²) in [6, 6.07) is 0. The van der Waals surface area contributed by atoms with Crippen LogP contribution in [0.25, 0.3) is 5.76 Å². The third-order valence-electron chi connectivity index (χ3n) is 1.36. The molecular formula is C6H6N4O. The Morgan fingerprint density at radius 1 is 1.45 bits per heavy atom. The Kier molecular flexibility index (Phi) is 1.15. The number of hydrogen-bond acceptors (Lipinski definition) is 4. The fraction of sp³-hybridized carbons (Fsp3) is 0. The molecule has 2 rings (SSSR count). The van der Waals surface area contributed by atoms with Crippen molar-refractivity contribution >= 4 is 17.9 Å². The maximum Gasteiger partial charge on any atom is 0.182 e. The zero-order valence-electron chi connectivity index (χ0n) is 5.57. The fourth-order valence-corrected chi connectivity index (χ4v) is 0.860. The zero-order chi connectivity index (χ0) is 7.68. The fourth-order valence-electron chi connectivity index (χ4n) is 0.860. The van der Waals surface area contributed by atoms with E-state index in [0.29, 0.717) is 11.5 Å². The van der Waals surface area contributed by atoms with Gasteiger partial charge in [0.15, 0.2) is 11.6 Å². The molecule has 1 aliphatic rings. The number of aliphatic imine (C=N–C) groups is 1. The highest BCUT2D eigenvalue weighted by Crippen LogP contribution is 2.20. The molecule has 2 heterocycles. The Labute approximate surface area is 62.5 Å². The van der Waals surface area contributed by atoms with Gasteiger partial charge in [0.1, 0.15) is 5.69 Å². The first kappa shape index (κ1) is 5.96. The van der Waals surface area contributed by atoms with Crippen molar-refractivity contribution in [3.63, 3.8) is 0 Å². The number of aromatic amines is 1. The number of imidazole rings is 1. The van der Waals surface area contributed by atoms with Crippen molar-refractivity contribution in [3.05, 3.63) is 18.2 Å². The molecule has 0 radical (unpaired) electrons. The Bertz CT molecular complexity index is 325. The van der Waals surface area contributed by atoms with Crippen LogP contribution in [-0.4, -0.2) is 21.4 Å². The average molecular weight is 150 g/mol. The van der Waals surface area contributed by atoms with E-state index >= 15 is 0 Å². The lowest BCUT2D eigenvalue weighted by Crippen LogP contribution is -1.99. The number of aliphatic hydroxyl groups excluding tert-OH is 1. The lowest BCUT2D eigenvalue weighted by Gasteiger charge is -1.92. The Balaban J connectivity index is 2.59. The molecule has 11 heavy (non-hydrogen) atoms. The lowest BCUT2D eigenvalue weighted by atomic mass is 10.4. The van der Waals surface area contributed by atoms with Crippen LogP contribution in [0.5, 0.6) is 0 Å². The van der Waals surface area contributed by atoms with E-state index in [0.717, 1.165) is 0 Å².